The van der Waals surface area contributed by atoms with Gasteiger partial charge in [-0.1, -0.05) is 18.2 Å². The molecule has 1 unspecified atom stereocenters. The first-order chi connectivity index (χ1) is 16.0. The highest BCUT2D eigenvalue weighted by Crippen LogP contribution is 2.28. The van der Waals surface area contributed by atoms with Gasteiger partial charge in [0.05, 0.1) is 19.1 Å². The van der Waals surface area contributed by atoms with Crippen LogP contribution < -0.4 is 9.64 Å². The average Bonchev–Trinajstić information content (AvgIpc) is 2.88. The SMILES string of the molecule is O=C(C1COc2ccccc2C1)N1CCN(c2ccc(S(=O)(=O)N3CCOCC3)cn2)CC1. The Morgan fingerprint density at radius 3 is 2.45 bits per heavy atom. The summed E-state index contributed by atoms with van der Waals surface area (Å²) in [4.78, 5) is 21.6. The topological polar surface area (TPSA) is 92.3 Å². The summed E-state index contributed by atoms with van der Waals surface area (Å²) in [5, 5.41) is 0. The molecule has 0 N–H and O–H groups in total. The molecule has 2 fully saturated rings. The highest BCUT2D eigenvalue weighted by atomic mass is 32.2. The molecule has 9 nitrogen and oxygen atoms in total. The molecule has 4 heterocycles. The second-order valence-electron chi connectivity index (χ2n) is 8.50. The van der Waals surface area contributed by atoms with E-state index in [0.717, 1.165) is 17.1 Å². The fourth-order valence-electron chi connectivity index (χ4n) is 4.55. The van der Waals surface area contributed by atoms with Crippen LogP contribution in [0.15, 0.2) is 47.5 Å². The van der Waals surface area contributed by atoms with Gasteiger partial charge < -0.3 is 19.3 Å². The Hall–Kier alpha value is -2.69. The number of carbonyl (C=O) groups excluding carboxylic acids is 1. The lowest BCUT2D eigenvalue weighted by Crippen LogP contribution is -2.51. The molecule has 2 aromatic rings. The highest BCUT2D eigenvalue weighted by Gasteiger charge is 2.32. The average molecular weight is 473 g/mol. The summed E-state index contributed by atoms with van der Waals surface area (Å²) in [6, 6.07) is 11.2. The van der Waals surface area contributed by atoms with Crippen molar-refractivity contribution in [1.29, 1.82) is 0 Å². The number of piperazine rings is 1. The van der Waals surface area contributed by atoms with Crippen LogP contribution in [0.3, 0.4) is 0 Å². The zero-order valence-corrected chi connectivity index (χ0v) is 19.2. The number of rotatable bonds is 4. The normalized spacial score (nSPS) is 21.9. The maximum Gasteiger partial charge on any atom is 0.244 e. The Bertz CT molecular complexity index is 1090. The van der Waals surface area contributed by atoms with Crippen molar-refractivity contribution in [2.75, 3.05) is 64.0 Å². The largest absolute Gasteiger partial charge is 0.492 e. The van der Waals surface area contributed by atoms with E-state index in [0.29, 0.717) is 65.5 Å². The number of carbonyl (C=O) groups is 1. The van der Waals surface area contributed by atoms with Gasteiger partial charge in [0.15, 0.2) is 0 Å². The number of aromatic nitrogens is 1. The molecule has 0 spiro atoms. The minimum absolute atomic E-state index is 0.129. The monoisotopic (exact) mass is 472 g/mol. The Morgan fingerprint density at radius 1 is 0.970 bits per heavy atom. The molecule has 0 radical (unpaired) electrons. The van der Waals surface area contributed by atoms with Crippen molar-refractivity contribution in [2.24, 2.45) is 5.92 Å². The number of hydrogen-bond donors (Lipinski definition) is 0. The summed E-state index contributed by atoms with van der Waals surface area (Å²) >= 11 is 0. The molecular formula is C23H28N4O5S. The molecule has 33 heavy (non-hydrogen) atoms. The van der Waals surface area contributed by atoms with E-state index in [1.807, 2.05) is 29.2 Å². The number of nitrogens with zero attached hydrogens (tertiary/aromatic N) is 4. The van der Waals surface area contributed by atoms with Crippen LogP contribution in [0.4, 0.5) is 5.82 Å². The first-order valence-electron chi connectivity index (χ1n) is 11.3. The van der Waals surface area contributed by atoms with Gasteiger partial charge in [-0.2, -0.15) is 4.31 Å². The Balaban J connectivity index is 1.18. The van der Waals surface area contributed by atoms with Gasteiger partial charge in [0, 0.05) is 45.5 Å². The summed E-state index contributed by atoms with van der Waals surface area (Å²) in [5.41, 5.74) is 1.08. The van der Waals surface area contributed by atoms with Gasteiger partial charge in [0.25, 0.3) is 0 Å². The van der Waals surface area contributed by atoms with Gasteiger partial charge in [-0.25, -0.2) is 13.4 Å². The van der Waals surface area contributed by atoms with Crippen LogP contribution in [0, 0.1) is 5.92 Å². The van der Waals surface area contributed by atoms with Gasteiger partial charge in [-0.3, -0.25) is 4.79 Å². The van der Waals surface area contributed by atoms with Crippen molar-refractivity contribution < 1.29 is 22.7 Å². The van der Waals surface area contributed by atoms with E-state index in [1.165, 1.54) is 10.5 Å². The number of anilines is 1. The Kier molecular flexibility index (Phi) is 6.22. The van der Waals surface area contributed by atoms with Crippen LogP contribution in [0.1, 0.15) is 5.56 Å². The summed E-state index contributed by atoms with van der Waals surface area (Å²) in [6.45, 7) is 4.46. The van der Waals surface area contributed by atoms with Crippen molar-refractivity contribution in [3.63, 3.8) is 0 Å². The number of morpholine rings is 1. The number of fused-ring (bicyclic) bond motifs is 1. The van der Waals surface area contributed by atoms with Crippen LogP contribution in [-0.4, -0.2) is 87.6 Å². The quantitative estimate of drug-likeness (QED) is 0.656. The lowest BCUT2D eigenvalue weighted by Gasteiger charge is -2.37. The molecule has 3 aliphatic heterocycles. The lowest BCUT2D eigenvalue weighted by atomic mass is 9.95. The van der Waals surface area contributed by atoms with Crippen LogP contribution in [0.2, 0.25) is 0 Å². The number of ether oxygens (including phenoxy) is 2. The Morgan fingerprint density at radius 2 is 1.73 bits per heavy atom. The first-order valence-corrected chi connectivity index (χ1v) is 12.7. The molecule has 10 heteroatoms. The fourth-order valence-corrected chi connectivity index (χ4v) is 5.90. The zero-order chi connectivity index (χ0) is 22.8. The van der Waals surface area contributed by atoms with Crippen molar-refractivity contribution in [3.8, 4) is 5.75 Å². The van der Waals surface area contributed by atoms with E-state index in [9.17, 15) is 13.2 Å². The third-order valence-electron chi connectivity index (χ3n) is 6.47. The summed E-state index contributed by atoms with van der Waals surface area (Å²) < 4.78 is 38.0. The third-order valence-corrected chi connectivity index (χ3v) is 8.35. The minimum Gasteiger partial charge on any atom is -0.492 e. The van der Waals surface area contributed by atoms with E-state index in [2.05, 4.69) is 9.88 Å². The number of pyridine rings is 1. The fraction of sp³-hybridized carbons (Fsp3) is 0.478. The molecule has 0 aliphatic carbocycles. The van der Waals surface area contributed by atoms with Gasteiger partial charge in [0.2, 0.25) is 15.9 Å². The molecule has 1 aromatic heterocycles. The predicted molar refractivity (Wildman–Crippen MR) is 122 cm³/mol. The van der Waals surface area contributed by atoms with E-state index in [1.54, 1.807) is 12.1 Å². The van der Waals surface area contributed by atoms with E-state index in [-0.39, 0.29) is 16.7 Å². The molecule has 3 aliphatic rings. The molecule has 176 valence electrons. The number of para-hydroxylation sites is 1. The summed E-state index contributed by atoms with van der Waals surface area (Å²) in [6.07, 6.45) is 2.13. The second kappa shape index (κ2) is 9.28. The van der Waals surface area contributed by atoms with Crippen molar-refractivity contribution >= 4 is 21.7 Å². The van der Waals surface area contributed by atoms with Crippen LogP contribution in [0.25, 0.3) is 0 Å². The van der Waals surface area contributed by atoms with Crippen molar-refractivity contribution in [1.82, 2.24) is 14.2 Å². The van der Waals surface area contributed by atoms with Gasteiger partial charge >= 0.3 is 0 Å². The van der Waals surface area contributed by atoms with Crippen LogP contribution in [-0.2, 0) is 26.0 Å². The molecule has 1 amide bonds. The van der Waals surface area contributed by atoms with Crippen molar-refractivity contribution in [3.05, 3.63) is 48.2 Å². The number of benzene rings is 1. The van der Waals surface area contributed by atoms with Gasteiger partial charge in [0.1, 0.15) is 23.1 Å². The van der Waals surface area contributed by atoms with E-state index >= 15 is 0 Å². The second-order valence-corrected chi connectivity index (χ2v) is 10.4. The smallest absolute Gasteiger partial charge is 0.244 e. The standard InChI is InChI=1S/C23H28N4O5S/c28-23(19-15-18-3-1-2-4-21(18)32-17-19)26-9-7-25(8-10-26)22-6-5-20(16-24-22)33(29,30)27-11-13-31-14-12-27/h1-6,16,19H,7-15,17H2. The predicted octanol–water partition coefficient (Wildman–Crippen LogP) is 1.00. The molecule has 2 saturated heterocycles. The maximum absolute atomic E-state index is 13.0. The van der Waals surface area contributed by atoms with E-state index in [4.69, 9.17) is 9.47 Å². The lowest BCUT2D eigenvalue weighted by molar-refractivity contribution is -0.137. The Labute approximate surface area is 193 Å². The van der Waals surface area contributed by atoms with E-state index < -0.39 is 10.0 Å². The molecule has 0 bridgehead atoms. The highest BCUT2D eigenvalue weighted by molar-refractivity contribution is 7.89. The number of sulfonamides is 1. The van der Waals surface area contributed by atoms with Gasteiger partial charge in [-0.15, -0.1) is 0 Å². The van der Waals surface area contributed by atoms with Crippen molar-refractivity contribution in [2.45, 2.75) is 11.3 Å². The molecule has 5 rings (SSSR count). The number of amides is 1. The van der Waals surface area contributed by atoms with Crippen LogP contribution in [0.5, 0.6) is 5.75 Å². The van der Waals surface area contributed by atoms with Crippen LogP contribution >= 0.6 is 0 Å². The summed E-state index contributed by atoms with van der Waals surface area (Å²) in [5.74, 6) is 1.56. The molecule has 1 atom stereocenters. The number of hydrogen-bond acceptors (Lipinski definition) is 7. The third kappa shape index (κ3) is 4.55. The maximum atomic E-state index is 13.0. The van der Waals surface area contributed by atoms with Gasteiger partial charge in [-0.05, 0) is 30.2 Å². The zero-order valence-electron chi connectivity index (χ0n) is 18.4. The molecule has 0 saturated carbocycles. The molecule has 1 aromatic carbocycles. The summed E-state index contributed by atoms with van der Waals surface area (Å²) in [7, 11) is -3.56. The first kappa shape index (κ1) is 22.1. The molecular weight excluding hydrogens is 444 g/mol. The minimum atomic E-state index is -3.56.